The number of hydrogen-bond acceptors (Lipinski definition) is 6. The Morgan fingerprint density at radius 1 is 1.00 bits per heavy atom. The largest absolute Gasteiger partial charge is 0.492 e. The van der Waals surface area contributed by atoms with E-state index in [1.54, 1.807) is 12.4 Å². The standard InChI is InChI=1S/C18H19N5O/c1-2-24-16-6-4-3-5-15(16)23-18-11-17(21-13-22-18)20-12-14-7-9-19-10-8-14/h3-11,13H,2,12H2,1H3,(H2,20,21,22,23). The van der Waals surface area contributed by atoms with E-state index in [2.05, 4.69) is 25.6 Å². The predicted molar refractivity (Wildman–Crippen MR) is 94.5 cm³/mol. The second-order valence-electron chi connectivity index (χ2n) is 5.05. The number of para-hydroxylation sites is 2. The van der Waals surface area contributed by atoms with Crippen molar-refractivity contribution in [1.29, 1.82) is 0 Å². The molecule has 2 heterocycles. The number of ether oxygens (including phenoxy) is 1. The molecule has 0 bridgehead atoms. The molecule has 0 fully saturated rings. The summed E-state index contributed by atoms with van der Waals surface area (Å²) in [5.74, 6) is 2.25. The Morgan fingerprint density at radius 3 is 2.62 bits per heavy atom. The van der Waals surface area contributed by atoms with Crippen molar-refractivity contribution in [3.05, 3.63) is 66.7 Å². The zero-order chi connectivity index (χ0) is 16.6. The normalized spacial score (nSPS) is 10.2. The van der Waals surface area contributed by atoms with Crippen LogP contribution in [0.5, 0.6) is 5.75 Å². The van der Waals surface area contributed by atoms with Crippen molar-refractivity contribution in [2.75, 3.05) is 17.2 Å². The van der Waals surface area contributed by atoms with Gasteiger partial charge in [0, 0.05) is 25.0 Å². The molecule has 0 spiro atoms. The van der Waals surface area contributed by atoms with Crippen LogP contribution in [0.25, 0.3) is 0 Å². The summed E-state index contributed by atoms with van der Waals surface area (Å²) in [5, 5.41) is 6.55. The molecule has 0 saturated heterocycles. The molecule has 0 aliphatic heterocycles. The third-order valence-corrected chi connectivity index (χ3v) is 3.34. The van der Waals surface area contributed by atoms with Gasteiger partial charge in [0.25, 0.3) is 0 Å². The second kappa shape index (κ2) is 7.92. The van der Waals surface area contributed by atoms with Crippen LogP contribution in [-0.2, 0) is 6.54 Å². The van der Waals surface area contributed by atoms with Crippen molar-refractivity contribution >= 4 is 17.3 Å². The highest BCUT2D eigenvalue weighted by Gasteiger charge is 2.05. The van der Waals surface area contributed by atoms with Gasteiger partial charge in [0.15, 0.2) is 0 Å². The maximum absolute atomic E-state index is 5.62. The number of aromatic nitrogens is 3. The van der Waals surface area contributed by atoms with E-state index < -0.39 is 0 Å². The number of hydrogen-bond donors (Lipinski definition) is 2. The lowest BCUT2D eigenvalue weighted by Crippen LogP contribution is -2.04. The number of benzene rings is 1. The maximum Gasteiger partial charge on any atom is 0.142 e. The quantitative estimate of drug-likeness (QED) is 0.692. The molecule has 24 heavy (non-hydrogen) atoms. The van der Waals surface area contributed by atoms with Gasteiger partial charge in [-0.25, -0.2) is 9.97 Å². The minimum absolute atomic E-state index is 0.612. The summed E-state index contributed by atoms with van der Waals surface area (Å²) >= 11 is 0. The third kappa shape index (κ3) is 4.19. The van der Waals surface area contributed by atoms with Crippen LogP contribution in [0.4, 0.5) is 17.3 Å². The second-order valence-corrected chi connectivity index (χ2v) is 5.05. The number of rotatable bonds is 7. The molecule has 0 aliphatic rings. The van der Waals surface area contributed by atoms with E-state index in [1.807, 2.05) is 49.4 Å². The molecule has 1 aromatic carbocycles. The van der Waals surface area contributed by atoms with Crippen LogP contribution < -0.4 is 15.4 Å². The molecule has 2 N–H and O–H groups in total. The Bertz CT molecular complexity index is 779. The zero-order valence-electron chi connectivity index (χ0n) is 13.4. The average Bonchev–Trinajstić information content (AvgIpc) is 2.63. The molecule has 6 nitrogen and oxygen atoms in total. The van der Waals surface area contributed by atoms with E-state index >= 15 is 0 Å². The fraction of sp³-hybridized carbons (Fsp3) is 0.167. The summed E-state index contributed by atoms with van der Waals surface area (Å²) in [6.07, 6.45) is 5.07. The van der Waals surface area contributed by atoms with Gasteiger partial charge in [-0.05, 0) is 36.8 Å². The van der Waals surface area contributed by atoms with Crippen molar-refractivity contribution in [2.45, 2.75) is 13.5 Å². The summed E-state index contributed by atoms with van der Waals surface area (Å²) in [7, 11) is 0. The molecule has 0 aliphatic carbocycles. The SMILES string of the molecule is CCOc1ccccc1Nc1cc(NCc2ccncc2)ncn1. The molecular formula is C18H19N5O. The van der Waals surface area contributed by atoms with Gasteiger partial charge in [-0.2, -0.15) is 0 Å². The van der Waals surface area contributed by atoms with Crippen LogP contribution in [0.1, 0.15) is 12.5 Å². The number of nitrogens with zero attached hydrogens (tertiary/aromatic N) is 3. The molecule has 0 saturated carbocycles. The molecule has 6 heteroatoms. The lowest BCUT2D eigenvalue weighted by Gasteiger charge is -2.12. The van der Waals surface area contributed by atoms with Gasteiger partial charge in [0.05, 0.1) is 12.3 Å². The van der Waals surface area contributed by atoms with E-state index in [1.165, 1.54) is 6.33 Å². The van der Waals surface area contributed by atoms with Crippen molar-refractivity contribution in [3.63, 3.8) is 0 Å². The number of nitrogens with one attached hydrogen (secondary N) is 2. The van der Waals surface area contributed by atoms with Gasteiger partial charge < -0.3 is 15.4 Å². The van der Waals surface area contributed by atoms with Crippen LogP contribution in [-0.4, -0.2) is 21.6 Å². The lowest BCUT2D eigenvalue weighted by atomic mass is 10.2. The van der Waals surface area contributed by atoms with Crippen molar-refractivity contribution in [1.82, 2.24) is 15.0 Å². The Balaban J connectivity index is 1.69. The Morgan fingerprint density at radius 2 is 1.79 bits per heavy atom. The average molecular weight is 321 g/mol. The van der Waals surface area contributed by atoms with Gasteiger partial charge in [0.2, 0.25) is 0 Å². The molecule has 0 radical (unpaired) electrons. The summed E-state index contributed by atoms with van der Waals surface area (Å²) in [6.45, 7) is 3.25. The fourth-order valence-corrected chi connectivity index (χ4v) is 2.20. The van der Waals surface area contributed by atoms with Crippen molar-refractivity contribution < 1.29 is 4.74 Å². The minimum atomic E-state index is 0.612. The highest BCUT2D eigenvalue weighted by Crippen LogP contribution is 2.27. The van der Waals surface area contributed by atoms with Crippen molar-refractivity contribution in [3.8, 4) is 5.75 Å². The molecule has 0 atom stereocenters. The van der Waals surface area contributed by atoms with Gasteiger partial charge in [-0.1, -0.05) is 12.1 Å². The topological polar surface area (TPSA) is 72.0 Å². The Kier molecular flexibility index (Phi) is 5.19. The van der Waals surface area contributed by atoms with Gasteiger partial charge in [-0.3, -0.25) is 4.98 Å². The highest BCUT2D eigenvalue weighted by molar-refractivity contribution is 5.65. The molecule has 122 valence electrons. The smallest absolute Gasteiger partial charge is 0.142 e. The Labute approximate surface area is 141 Å². The van der Waals surface area contributed by atoms with E-state index in [0.717, 1.165) is 22.8 Å². The lowest BCUT2D eigenvalue weighted by molar-refractivity contribution is 0.342. The van der Waals surface area contributed by atoms with Crippen LogP contribution in [0.2, 0.25) is 0 Å². The molecule has 0 unspecified atom stereocenters. The van der Waals surface area contributed by atoms with Crippen LogP contribution in [0, 0.1) is 0 Å². The molecule has 3 rings (SSSR count). The van der Waals surface area contributed by atoms with E-state index in [9.17, 15) is 0 Å². The number of pyridine rings is 1. The van der Waals surface area contributed by atoms with E-state index in [-0.39, 0.29) is 0 Å². The van der Waals surface area contributed by atoms with Crippen LogP contribution in [0.15, 0.2) is 61.2 Å². The summed E-state index contributed by atoms with van der Waals surface area (Å²) in [5.41, 5.74) is 2.01. The van der Waals surface area contributed by atoms with E-state index in [0.29, 0.717) is 19.0 Å². The first-order valence-corrected chi connectivity index (χ1v) is 7.79. The minimum Gasteiger partial charge on any atom is -0.492 e. The molecule has 0 amide bonds. The molecule has 3 aromatic rings. The Hall–Kier alpha value is -3.15. The summed E-state index contributed by atoms with van der Waals surface area (Å²) < 4.78 is 5.62. The summed E-state index contributed by atoms with van der Waals surface area (Å²) in [6, 6.07) is 13.6. The first-order chi connectivity index (χ1) is 11.8. The number of anilines is 3. The zero-order valence-corrected chi connectivity index (χ0v) is 13.4. The van der Waals surface area contributed by atoms with Gasteiger partial charge >= 0.3 is 0 Å². The van der Waals surface area contributed by atoms with Crippen molar-refractivity contribution in [2.24, 2.45) is 0 Å². The van der Waals surface area contributed by atoms with Crippen LogP contribution >= 0.6 is 0 Å². The van der Waals surface area contributed by atoms with Crippen LogP contribution in [0.3, 0.4) is 0 Å². The predicted octanol–water partition coefficient (Wildman–Crippen LogP) is 3.63. The first kappa shape index (κ1) is 15.7. The van der Waals surface area contributed by atoms with Gasteiger partial charge in [-0.15, -0.1) is 0 Å². The summed E-state index contributed by atoms with van der Waals surface area (Å²) in [4.78, 5) is 12.5. The first-order valence-electron chi connectivity index (χ1n) is 7.79. The monoisotopic (exact) mass is 321 g/mol. The van der Waals surface area contributed by atoms with E-state index in [4.69, 9.17) is 4.74 Å². The highest BCUT2D eigenvalue weighted by atomic mass is 16.5. The molecule has 2 aromatic heterocycles. The fourth-order valence-electron chi connectivity index (χ4n) is 2.20. The van der Waals surface area contributed by atoms with Gasteiger partial charge in [0.1, 0.15) is 23.7 Å². The maximum atomic E-state index is 5.62. The molecular weight excluding hydrogens is 302 g/mol. The third-order valence-electron chi connectivity index (χ3n) is 3.34.